The molecule has 0 saturated heterocycles. The van der Waals surface area contributed by atoms with E-state index in [-0.39, 0.29) is 31.6 Å². The molecule has 8 nitrogen and oxygen atoms in total. The van der Waals surface area contributed by atoms with Crippen molar-refractivity contribution in [1.29, 1.82) is 0 Å². The van der Waals surface area contributed by atoms with Gasteiger partial charge in [0.25, 0.3) is 5.56 Å². The summed E-state index contributed by atoms with van der Waals surface area (Å²) in [4.78, 5) is 39.2. The van der Waals surface area contributed by atoms with Crippen LogP contribution in [0.3, 0.4) is 0 Å². The predicted molar refractivity (Wildman–Crippen MR) is 117 cm³/mol. The third-order valence-corrected chi connectivity index (χ3v) is 6.61. The molecule has 0 spiro atoms. The number of hydrogen-bond acceptors (Lipinski definition) is 7. The number of nitrogens with one attached hydrogen (secondary N) is 1. The van der Waals surface area contributed by atoms with Gasteiger partial charge in [0.15, 0.2) is 0 Å². The van der Waals surface area contributed by atoms with Crippen molar-refractivity contribution in [3.63, 3.8) is 0 Å². The number of carbonyl (C=O) groups excluding carboxylic acids is 1. The number of carbonyl (C=O) groups is 1. The molecule has 1 aliphatic rings. The van der Waals surface area contributed by atoms with E-state index in [2.05, 4.69) is 10.1 Å². The molecule has 184 valence electrons. The Labute approximate surface area is 192 Å². The second kappa shape index (κ2) is 9.22. The first-order valence-electron chi connectivity index (χ1n) is 10.6. The van der Waals surface area contributed by atoms with Gasteiger partial charge >= 0.3 is 18.0 Å². The Morgan fingerprint density at radius 1 is 1.24 bits per heavy atom. The lowest BCUT2D eigenvalue weighted by Crippen LogP contribution is -2.40. The summed E-state index contributed by atoms with van der Waals surface area (Å²) in [7, 11) is 0. The fourth-order valence-electron chi connectivity index (χ4n) is 3.64. The molecule has 0 radical (unpaired) electrons. The fourth-order valence-corrected chi connectivity index (χ4v) is 4.92. The number of aromatic nitrogens is 2. The number of esters is 1. The van der Waals surface area contributed by atoms with Crippen LogP contribution in [0.25, 0.3) is 10.2 Å². The molecule has 3 rings (SSSR count). The Hall–Kier alpha value is -2.18. The Morgan fingerprint density at radius 3 is 2.42 bits per heavy atom. The van der Waals surface area contributed by atoms with Gasteiger partial charge in [-0.2, -0.15) is 0 Å². The van der Waals surface area contributed by atoms with E-state index in [1.807, 2.05) is 6.92 Å². The van der Waals surface area contributed by atoms with Gasteiger partial charge < -0.3 is 10.1 Å². The molecule has 33 heavy (non-hydrogen) atoms. The minimum absolute atomic E-state index is 0.0546. The van der Waals surface area contributed by atoms with Crippen LogP contribution in [0.15, 0.2) is 9.59 Å². The number of alkyl halides is 3. The highest BCUT2D eigenvalue weighted by Gasteiger charge is 2.38. The molecule has 2 aromatic rings. The van der Waals surface area contributed by atoms with Crippen molar-refractivity contribution < 1.29 is 27.4 Å². The second-order valence-electron chi connectivity index (χ2n) is 9.20. The number of ether oxygens (including phenoxy) is 2. The topological polar surface area (TPSA) is 91.6 Å². The Kier molecular flexibility index (Phi) is 7.11. The minimum Gasteiger partial charge on any atom is -0.459 e. The molecule has 12 heteroatoms. The van der Waals surface area contributed by atoms with Crippen molar-refractivity contribution in [3.8, 4) is 0 Å². The average molecular weight is 492 g/mol. The number of nitrogens with zero attached hydrogens (tertiary/aromatic N) is 2. The quantitative estimate of drug-likeness (QED) is 0.571. The van der Waals surface area contributed by atoms with E-state index in [9.17, 15) is 27.6 Å². The van der Waals surface area contributed by atoms with Crippen LogP contribution in [0.2, 0.25) is 0 Å². The summed E-state index contributed by atoms with van der Waals surface area (Å²) in [6.45, 7) is 7.99. The van der Waals surface area contributed by atoms with Crippen LogP contribution < -0.4 is 16.6 Å². The Morgan fingerprint density at radius 2 is 1.88 bits per heavy atom. The van der Waals surface area contributed by atoms with Gasteiger partial charge in [-0.15, -0.1) is 24.5 Å². The summed E-state index contributed by atoms with van der Waals surface area (Å²) in [5.41, 5.74) is -1.07. The maximum Gasteiger partial charge on any atom is 0.522 e. The first-order chi connectivity index (χ1) is 15.2. The number of halogens is 3. The number of hydrogen-bond donors (Lipinski definition) is 1. The van der Waals surface area contributed by atoms with Crippen molar-refractivity contribution in [3.05, 3.63) is 31.3 Å². The maximum absolute atomic E-state index is 13.2. The second-order valence-corrected chi connectivity index (χ2v) is 10.3. The first kappa shape index (κ1) is 25.4. The van der Waals surface area contributed by atoms with Crippen molar-refractivity contribution in [2.75, 3.05) is 13.2 Å². The maximum atomic E-state index is 13.2. The molecule has 0 amide bonds. The van der Waals surface area contributed by atoms with Crippen LogP contribution in [0, 0.1) is 12.8 Å². The third-order valence-electron chi connectivity index (χ3n) is 5.30. The van der Waals surface area contributed by atoms with Crippen LogP contribution in [-0.2, 0) is 27.4 Å². The molecule has 2 atom stereocenters. The van der Waals surface area contributed by atoms with Gasteiger partial charge in [-0.3, -0.25) is 23.5 Å². The zero-order valence-corrected chi connectivity index (χ0v) is 20.0. The summed E-state index contributed by atoms with van der Waals surface area (Å²) >= 11 is 1.14. The lowest BCUT2D eigenvalue weighted by Gasteiger charge is -2.19. The van der Waals surface area contributed by atoms with E-state index in [1.54, 1.807) is 27.7 Å². The minimum atomic E-state index is -4.82. The van der Waals surface area contributed by atoms with E-state index in [0.29, 0.717) is 27.1 Å². The van der Waals surface area contributed by atoms with Crippen LogP contribution >= 0.6 is 11.3 Å². The molecule has 2 heterocycles. The lowest BCUT2D eigenvalue weighted by molar-refractivity contribution is -0.325. The van der Waals surface area contributed by atoms with Crippen LogP contribution in [-0.4, -0.2) is 40.2 Å². The monoisotopic (exact) mass is 491 g/mol. The highest BCUT2D eigenvalue weighted by molar-refractivity contribution is 7.18. The van der Waals surface area contributed by atoms with Crippen LogP contribution in [0.5, 0.6) is 0 Å². The lowest BCUT2D eigenvalue weighted by atomic mass is 10.2. The van der Waals surface area contributed by atoms with E-state index in [1.165, 1.54) is 4.57 Å². The largest absolute Gasteiger partial charge is 0.522 e. The third kappa shape index (κ3) is 6.04. The van der Waals surface area contributed by atoms with E-state index in [0.717, 1.165) is 15.9 Å². The van der Waals surface area contributed by atoms with E-state index < -0.39 is 35.8 Å². The predicted octanol–water partition coefficient (Wildman–Crippen LogP) is 3.08. The average Bonchev–Trinajstić information content (AvgIpc) is 3.26. The zero-order valence-electron chi connectivity index (χ0n) is 19.2. The Bertz CT molecular complexity index is 1160. The molecule has 0 aromatic carbocycles. The van der Waals surface area contributed by atoms with Crippen LogP contribution in [0.4, 0.5) is 13.2 Å². The summed E-state index contributed by atoms with van der Waals surface area (Å²) in [5, 5.41) is 3.27. The number of rotatable bonds is 8. The van der Waals surface area contributed by atoms with Gasteiger partial charge in [0, 0.05) is 17.5 Å². The van der Waals surface area contributed by atoms with Gasteiger partial charge in [-0.05, 0) is 45.6 Å². The fraction of sp³-hybridized carbons (Fsp3) is 0.667. The molecule has 2 unspecified atom stereocenters. The summed E-state index contributed by atoms with van der Waals surface area (Å²) < 4.78 is 48.9. The smallest absolute Gasteiger partial charge is 0.459 e. The van der Waals surface area contributed by atoms with Gasteiger partial charge in [0.1, 0.15) is 10.4 Å². The van der Waals surface area contributed by atoms with Crippen LogP contribution in [0.1, 0.15) is 50.6 Å². The van der Waals surface area contributed by atoms with Gasteiger partial charge in [-0.25, -0.2) is 4.79 Å². The van der Waals surface area contributed by atoms with Crippen molar-refractivity contribution in [2.24, 2.45) is 5.92 Å². The molecule has 0 bridgehead atoms. The van der Waals surface area contributed by atoms with Crippen molar-refractivity contribution in [2.45, 2.75) is 72.1 Å². The van der Waals surface area contributed by atoms with Gasteiger partial charge in [0.2, 0.25) is 0 Å². The summed E-state index contributed by atoms with van der Waals surface area (Å²) in [5.74, 6) is -0.297. The number of aryl methyl sites for hydroxylation is 1. The molecule has 0 aliphatic heterocycles. The number of fused-ring (bicyclic) bond motifs is 1. The summed E-state index contributed by atoms with van der Waals surface area (Å²) in [6.07, 6.45) is -4.16. The molecule has 1 fully saturated rings. The molecule has 1 aliphatic carbocycles. The van der Waals surface area contributed by atoms with Crippen molar-refractivity contribution in [1.82, 2.24) is 14.5 Å². The molecular formula is C21H28F3N3O5S. The van der Waals surface area contributed by atoms with E-state index >= 15 is 0 Å². The van der Waals surface area contributed by atoms with Gasteiger partial charge in [0.05, 0.1) is 25.1 Å². The summed E-state index contributed by atoms with van der Waals surface area (Å²) in [6, 6.07) is -0.266. The standard InChI is InChI=1S/C21H28F3N3O5S/c1-11-8-13(11)27-17(29)16-12(2)14(9-25-10-15(28)32-20(3,4)5)33-18(16)26(19(27)30)6-7-31-21(22,23)24/h11,13,25H,6-10H2,1-5H3. The molecular weight excluding hydrogens is 463 g/mol. The molecule has 2 aromatic heterocycles. The molecule has 1 N–H and O–H groups in total. The number of thiophene rings is 1. The van der Waals surface area contributed by atoms with Crippen molar-refractivity contribution >= 4 is 27.5 Å². The first-order valence-corrected chi connectivity index (χ1v) is 11.4. The highest BCUT2D eigenvalue weighted by Crippen LogP contribution is 2.41. The zero-order chi connectivity index (χ0) is 24.7. The van der Waals surface area contributed by atoms with Gasteiger partial charge in [-0.1, -0.05) is 6.92 Å². The normalized spacial score (nSPS) is 18.7. The highest BCUT2D eigenvalue weighted by atomic mass is 32.1. The Balaban J connectivity index is 1.93. The van der Waals surface area contributed by atoms with E-state index in [4.69, 9.17) is 4.74 Å². The molecule has 1 saturated carbocycles. The SMILES string of the molecule is Cc1c(CNCC(=O)OC(C)(C)C)sc2c1c(=O)n(C1CC1C)c(=O)n2CCOC(F)(F)F.